The van der Waals surface area contributed by atoms with Gasteiger partial charge in [0, 0.05) is 19.8 Å². The monoisotopic (exact) mass is 371 g/mol. The van der Waals surface area contributed by atoms with Crippen molar-refractivity contribution >= 4 is 17.3 Å². The Morgan fingerprint density at radius 2 is 1.69 bits per heavy atom. The zero-order valence-electron chi connectivity index (χ0n) is 14.2. The molecule has 0 aliphatic carbocycles. The number of halogens is 3. The van der Waals surface area contributed by atoms with Gasteiger partial charge in [0.15, 0.2) is 0 Å². The molecular formula is C16H16F3N3O4. The van der Waals surface area contributed by atoms with Crippen molar-refractivity contribution in [2.75, 3.05) is 11.9 Å². The minimum atomic E-state index is -5.27. The van der Waals surface area contributed by atoms with E-state index in [4.69, 9.17) is 4.74 Å². The van der Waals surface area contributed by atoms with Gasteiger partial charge in [-0.25, -0.2) is 4.79 Å². The highest BCUT2D eigenvalue weighted by Gasteiger charge is 2.43. The second kappa shape index (κ2) is 7.06. The van der Waals surface area contributed by atoms with Crippen LogP contribution < -0.4 is 21.3 Å². The summed E-state index contributed by atoms with van der Waals surface area (Å²) in [5.74, 6) is -2.34. The van der Waals surface area contributed by atoms with Crippen LogP contribution in [-0.4, -0.2) is 27.7 Å². The van der Waals surface area contributed by atoms with Crippen LogP contribution in [0.5, 0.6) is 5.75 Å². The van der Waals surface area contributed by atoms with Crippen molar-refractivity contribution in [1.82, 2.24) is 9.13 Å². The van der Waals surface area contributed by atoms with Crippen LogP contribution >= 0.6 is 0 Å². The molecule has 0 aliphatic heterocycles. The predicted octanol–water partition coefficient (Wildman–Crippen LogP) is 1.97. The van der Waals surface area contributed by atoms with Gasteiger partial charge >= 0.3 is 11.9 Å². The molecule has 0 saturated heterocycles. The molecule has 2 rings (SSSR count). The molecule has 0 fully saturated rings. The van der Waals surface area contributed by atoms with E-state index >= 15 is 0 Å². The molecule has 0 saturated carbocycles. The number of Topliss-reactive ketones (excluding diaryl/α,β-unsaturated/α-hetero) is 1. The summed E-state index contributed by atoms with van der Waals surface area (Å²) < 4.78 is 45.2. The van der Waals surface area contributed by atoms with E-state index in [2.05, 4.69) is 5.32 Å². The van der Waals surface area contributed by atoms with E-state index in [9.17, 15) is 27.6 Å². The highest BCUT2D eigenvalue weighted by atomic mass is 19.4. The first-order chi connectivity index (χ1) is 12.1. The van der Waals surface area contributed by atoms with E-state index in [0.29, 0.717) is 16.9 Å². The lowest BCUT2D eigenvalue weighted by atomic mass is 10.1. The number of ether oxygens (including phenoxy) is 1. The number of anilines is 2. The van der Waals surface area contributed by atoms with Gasteiger partial charge in [0.2, 0.25) is 0 Å². The van der Waals surface area contributed by atoms with Crippen LogP contribution in [0.25, 0.3) is 0 Å². The minimum absolute atomic E-state index is 0.271. The number of aromatic nitrogens is 2. The van der Waals surface area contributed by atoms with Crippen LogP contribution in [0.1, 0.15) is 17.3 Å². The molecule has 0 unspecified atom stereocenters. The van der Waals surface area contributed by atoms with Crippen molar-refractivity contribution in [3.05, 3.63) is 50.7 Å². The van der Waals surface area contributed by atoms with Gasteiger partial charge in [-0.2, -0.15) is 13.2 Å². The molecule has 10 heteroatoms. The van der Waals surface area contributed by atoms with Gasteiger partial charge in [0.25, 0.3) is 11.3 Å². The molecule has 0 spiro atoms. The third-order valence-corrected chi connectivity index (χ3v) is 3.58. The topological polar surface area (TPSA) is 82.3 Å². The number of carbonyl (C=O) groups excluding carboxylic acids is 1. The normalized spacial score (nSPS) is 11.3. The number of nitrogens with one attached hydrogen (secondary N) is 1. The van der Waals surface area contributed by atoms with Crippen LogP contribution in [0.3, 0.4) is 0 Å². The lowest BCUT2D eigenvalue weighted by molar-refractivity contribution is -0.0886. The van der Waals surface area contributed by atoms with E-state index in [1.54, 1.807) is 19.1 Å². The quantitative estimate of drug-likeness (QED) is 0.813. The number of rotatable bonds is 5. The molecule has 1 N–H and O–H groups in total. The number of alkyl halides is 3. The van der Waals surface area contributed by atoms with Gasteiger partial charge in [-0.05, 0) is 31.2 Å². The third-order valence-electron chi connectivity index (χ3n) is 3.58. The van der Waals surface area contributed by atoms with Gasteiger partial charge < -0.3 is 10.1 Å². The van der Waals surface area contributed by atoms with Gasteiger partial charge in [-0.1, -0.05) is 0 Å². The number of hydrogen-bond acceptors (Lipinski definition) is 5. The van der Waals surface area contributed by atoms with Crippen molar-refractivity contribution in [1.29, 1.82) is 0 Å². The molecule has 2 aromatic rings. The Morgan fingerprint density at radius 3 is 2.19 bits per heavy atom. The molecule has 1 heterocycles. The van der Waals surface area contributed by atoms with Crippen LogP contribution in [0.4, 0.5) is 24.7 Å². The minimum Gasteiger partial charge on any atom is -0.494 e. The fourth-order valence-electron chi connectivity index (χ4n) is 2.27. The van der Waals surface area contributed by atoms with Crippen LogP contribution in [-0.2, 0) is 14.1 Å². The first-order valence-corrected chi connectivity index (χ1v) is 7.49. The maximum Gasteiger partial charge on any atom is 0.455 e. The largest absolute Gasteiger partial charge is 0.494 e. The Labute approximate surface area is 145 Å². The van der Waals surface area contributed by atoms with Gasteiger partial charge in [-0.15, -0.1) is 0 Å². The summed E-state index contributed by atoms with van der Waals surface area (Å²) in [6, 6.07) is 6.07. The molecule has 7 nitrogen and oxygen atoms in total. The first-order valence-electron chi connectivity index (χ1n) is 7.49. The van der Waals surface area contributed by atoms with Crippen molar-refractivity contribution in [3.63, 3.8) is 0 Å². The number of hydrogen-bond donors (Lipinski definition) is 1. The second-order valence-electron chi connectivity index (χ2n) is 5.34. The van der Waals surface area contributed by atoms with E-state index in [0.717, 1.165) is 18.7 Å². The molecule has 140 valence electrons. The standard InChI is InChI=1S/C16H16F3N3O4/c1-4-26-10-7-5-9(6-8-10)20-13-11(12(23)16(17,18)19)14(24)22(3)15(25)21(13)2/h5-8,20H,4H2,1-3H3. The molecule has 1 aromatic heterocycles. The van der Waals surface area contributed by atoms with Crippen molar-refractivity contribution in [3.8, 4) is 5.75 Å². The third kappa shape index (κ3) is 3.63. The molecule has 0 amide bonds. The first kappa shape index (κ1) is 19.3. The van der Waals surface area contributed by atoms with Crippen LogP contribution in [0.2, 0.25) is 0 Å². The van der Waals surface area contributed by atoms with Crippen molar-refractivity contribution in [2.45, 2.75) is 13.1 Å². The second-order valence-corrected chi connectivity index (χ2v) is 5.34. The van der Waals surface area contributed by atoms with Gasteiger partial charge in [0.1, 0.15) is 17.1 Å². The Balaban J connectivity index is 2.61. The summed E-state index contributed by atoms with van der Waals surface area (Å²) in [6.45, 7) is 2.22. The lowest BCUT2D eigenvalue weighted by Gasteiger charge is -2.17. The molecule has 0 bridgehead atoms. The summed E-state index contributed by atoms with van der Waals surface area (Å²) in [5, 5.41) is 2.55. The number of ketones is 1. The Hall–Kier alpha value is -3.04. The Bertz CT molecular complexity index is 943. The van der Waals surface area contributed by atoms with Gasteiger partial charge in [-0.3, -0.25) is 18.7 Å². The maximum atomic E-state index is 12.9. The van der Waals surface area contributed by atoms with Gasteiger partial charge in [0.05, 0.1) is 6.61 Å². The highest BCUT2D eigenvalue weighted by Crippen LogP contribution is 2.26. The smallest absolute Gasteiger partial charge is 0.455 e. The predicted molar refractivity (Wildman–Crippen MR) is 88.2 cm³/mol. The highest BCUT2D eigenvalue weighted by molar-refractivity contribution is 6.04. The average molecular weight is 371 g/mol. The fourth-order valence-corrected chi connectivity index (χ4v) is 2.27. The van der Waals surface area contributed by atoms with E-state index in [1.807, 2.05) is 0 Å². The summed E-state index contributed by atoms with van der Waals surface area (Å²) in [5.41, 5.74) is -3.09. The lowest BCUT2D eigenvalue weighted by Crippen LogP contribution is -2.43. The van der Waals surface area contributed by atoms with E-state index in [-0.39, 0.29) is 5.69 Å². The number of nitrogens with zero attached hydrogens (tertiary/aromatic N) is 2. The van der Waals surface area contributed by atoms with E-state index < -0.39 is 34.6 Å². The summed E-state index contributed by atoms with van der Waals surface area (Å²) in [7, 11) is 2.16. The summed E-state index contributed by atoms with van der Waals surface area (Å²) in [6.07, 6.45) is -5.27. The van der Waals surface area contributed by atoms with Crippen LogP contribution in [0, 0.1) is 0 Å². The molecule has 0 aliphatic rings. The summed E-state index contributed by atoms with van der Waals surface area (Å²) >= 11 is 0. The van der Waals surface area contributed by atoms with Crippen LogP contribution in [0.15, 0.2) is 33.9 Å². The fraction of sp³-hybridized carbons (Fsp3) is 0.312. The maximum absolute atomic E-state index is 12.9. The SMILES string of the molecule is CCOc1ccc(Nc2c(C(=O)C(F)(F)F)c(=O)n(C)c(=O)n2C)cc1. The zero-order chi connectivity index (χ0) is 19.6. The Morgan fingerprint density at radius 1 is 1.12 bits per heavy atom. The molecular weight excluding hydrogens is 355 g/mol. The molecule has 0 atom stereocenters. The zero-order valence-corrected chi connectivity index (χ0v) is 14.2. The number of benzene rings is 1. The van der Waals surface area contributed by atoms with Crippen molar-refractivity contribution < 1.29 is 22.7 Å². The molecule has 26 heavy (non-hydrogen) atoms. The van der Waals surface area contributed by atoms with E-state index in [1.165, 1.54) is 12.1 Å². The van der Waals surface area contributed by atoms with Crippen molar-refractivity contribution in [2.24, 2.45) is 14.1 Å². The Kier molecular flexibility index (Phi) is 5.24. The molecule has 1 aromatic carbocycles. The summed E-state index contributed by atoms with van der Waals surface area (Å²) in [4.78, 5) is 35.9. The molecule has 0 radical (unpaired) electrons. The average Bonchev–Trinajstić information content (AvgIpc) is 2.58. The number of carbonyl (C=O) groups is 1.